The molecule has 2 rings (SSSR count). The third-order valence-corrected chi connectivity index (χ3v) is 15.4. The Labute approximate surface area is 554 Å². The van der Waals surface area contributed by atoms with E-state index in [1.165, 1.54) is 167 Å². The van der Waals surface area contributed by atoms with Crippen LogP contribution in [0.15, 0.2) is 59.5 Å². The van der Waals surface area contributed by atoms with Crippen LogP contribution in [-0.2, 0) is 56.7 Å². The molecule has 0 amide bonds. The van der Waals surface area contributed by atoms with Gasteiger partial charge < -0.3 is 28.0 Å². The van der Waals surface area contributed by atoms with Gasteiger partial charge in [0.1, 0.15) is 0 Å². The van der Waals surface area contributed by atoms with Crippen LogP contribution in [-0.4, -0.2) is 52.5 Å². The van der Waals surface area contributed by atoms with Crippen molar-refractivity contribution in [1.29, 1.82) is 0 Å². The van der Waals surface area contributed by atoms with E-state index in [1.807, 2.05) is 19.1 Å². The fourth-order valence-electron chi connectivity index (χ4n) is 7.68. The van der Waals surface area contributed by atoms with Crippen molar-refractivity contribution in [1.82, 2.24) is 0 Å². The fraction of sp³-hybridized carbons (Fsp3) is 0.782. The van der Waals surface area contributed by atoms with E-state index >= 15 is 0 Å². The largest absolute Gasteiger partial charge is 1.00 e. The van der Waals surface area contributed by atoms with Gasteiger partial charge in [-0.2, -0.15) is 8.42 Å². The first-order valence-electron chi connectivity index (χ1n) is 27.9. The van der Waals surface area contributed by atoms with E-state index in [2.05, 4.69) is 25.3 Å². The molecule has 0 fully saturated rings. The molecule has 0 saturated carbocycles. The molecule has 0 unspecified atom stereocenters. The van der Waals surface area contributed by atoms with Crippen LogP contribution in [0, 0.1) is 0 Å². The topological polar surface area (TPSA) is 230 Å². The second-order valence-electron chi connectivity index (χ2n) is 19.0. The molecule has 0 N–H and O–H groups in total. The predicted octanol–water partition coefficient (Wildman–Crippen LogP) is 2.39. The van der Waals surface area contributed by atoms with Gasteiger partial charge in [0.15, 0.2) is 0 Å². The molecular weight excluding hydrogens is 1090 g/mol. The van der Waals surface area contributed by atoms with Crippen LogP contribution < -0.4 is 128 Å². The zero-order valence-electron chi connectivity index (χ0n) is 49.3. The van der Waals surface area contributed by atoms with Crippen LogP contribution in [0.25, 0.3) is 0 Å². The third kappa shape index (κ3) is 70.5. The summed E-state index contributed by atoms with van der Waals surface area (Å²) in [6.07, 6.45) is 41.8. The van der Waals surface area contributed by atoms with Gasteiger partial charge in [0.05, 0.1) is 46.2 Å². The van der Waals surface area contributed by atoms with Gasteiger partial charge >= 0.3 is 118 Å². The third-order valence-electron chi connectivity index (χ3n) is 12.1. The number of benzene rings is 2. The summed E-state index contributed by atoms with van der Waals surface area (Å²) < 4.78 is 105. The molecule has 0 radical (unpaired) electrons. The Morgan fingerprint density at radius 2 is 0.671 bits per heavy atom. The van der Waals surface area contributed by atoms with E-state index in [1.54, 1.807) is 42.5 Å². The smallest absolute Gasteiger partial charge is 0.790 e. The zero-order chi connectivity index (χ0) is 54.1. The summed E-state index contributed by atoms with van der Waals surface area (Å²) in [6.45, 7) is 8.82. The molecule has 0 heterocycles. The maximum absolute atomic E-state index is 11.9. The predicted molar refractivity (Wildman–Crippen MR) is 291 cm³/mol. The minimum Gasteiger partial charge on any atom is -0.790 e. The molecule has 0 aliphatic carbocycles. The van der Waals surface area contributed by atoms with E-state index in [4.69, 9.17) is 4.18 Å². The van der Waals surface area contributed by atoms with E-state index < -0.39 is 38.2 Å². The van der Waals surface area contributed by atoms with Crippen LogP contribution >= 0.6 is 7.82 Å². The van der Waals surface area contributed by atoms with Gasteiger partial charge in [-0.25, -0.2) is 16.8 Å². The quantitative estimate of drug-likeness (QED) is 0.0306. The van der Waals surface area contributed by atoms with Crippen LogP contribution in [0.1, 0.15) is 257 Å². The van der Waals surface area contributed by atoms with Gasteiger partial charge in [-0.1, -0.05) is 269 Å². The molecule has 76 heavy (non-hydrogen) atoms. The number of phosphoric ester groups is 1. The summed E-state index contributed by atoms with van der Waals surface area (Å²) in [5.41, 5.74) is 1.83. The van der Waals surface area contributed by atoms with E-state index in [9.17, 15) is 48.7 Å². The van der Waals surface area contributed by atoms with Crippen LogP contribution in [0.2, 0.25) is 0 Å². The van der Waals surface area contributed by atoms with Crippen molar-refractivity contribution in [2.45, 2.75) is 264 Å². The Balaban J connectivity index is -0.000000214. The maximum atomic E-state index is 11.9. The number of hydrogen-bond donors (Lipinski definition) is 0. The molecule has 0 aromatic heterocycles. The first kappa shape index (κ1) is 89.5. The van der Waals surface area contributed by atoms with Gasteiger partial charge in [-0.3, -0.25) is 4.18 Å². The maximum Gasteiger partial charge on any atom is 1.00 e. The van der Waals surface area contributed by atoms with Crippen molar-refractivity contribution in [3.8, 4) is 0 Å². The average molecular weight is 1190 g/mol. The van der Waals surface area contributed by atoms with Crippen molar-refractivity contribution in [2.24, 2.45) is 0 Å². The van der Waals surface area contributed by atoms with E-state index in [0.717, 1.165) is 50.5 Å². The second kappa shape index (κ2) is 61.8. The molecule has 0 bridgehead atoms. The van der Waals surface area contributed by atoms with Gasteiger partial charge in [0, 0.05) is 11.5 Å². The van der Waals surface area contributed by atoms with E-state index in [-0.39, 0.29) is 148 Å². The van der Waals surface area contributed by atoms with Crippen molar-refractivity contribution >= 4 is 38.2 Å². The monoisotopic (exact) mass is 1190 g/mol. The Morgan fingerprint density at radius 3 is 0.947 bits per heavy atom. The SMILES string of the molecule is CCCCCCCCCCCCCCCCS(=O)(=O)[O-].CCCCCCCCCCCCOS(=O)(=O)c1ccccc1.CCCCCCCCCCCCS(=O)(=O)[O-].CCc1ccc(COP(=O)([O-])[O-])cc1.[Na+].[Na+].[Na+].[Na+]. The number of rotatable bonds is 43. The van der Waals surface area contributed by atoms with Crippen molar-refractivity contribution < 1.29 is 176 Å². The Morgan fingerprint density at radius 1 is 0.395 bits per heavy atom. The molecule has 0 aliphatic rings. The van der Waals surface area contributed by atoms with Gasteiger partial charge in [-0.15, -0.1) is 0 Å². The molecule has 2 aromatic rings. The van der Waals surface area contributed by atoms with Gasteiger partial charge in [0.2, 0.25) is 0 Å². The molecule has 13 nitrogen and oxygen atoms in total. The van der Waals surface area contributed by atoms with Crippen LogP contribution in [0.5, 0.6) is 0 Å². The summed E-state index contributed by atoms with van der Waals surface area (Å²) >= 11 is 0. The summed E-state index contributed by atoms with van der Waals surface area (Å²) in [4.78, 5) is 20.6. The normalized spacial score (nSPS) is 11.2. The molecule has 0 spiro atoms. The van der Waals surface area contributed by atoms with Crippen molar-refractivity contribution in [3.05, 3.63) is 65.7 Å². The second-order valence-corrected chi connectivity index (χ2v) is 24.8. The summed E-state index contributed by atoms with van der Waals surface area (Å²) in [5, 5.41) is 0. The first-order valence-corrected chi connectivity index (χ1v) is 33.9. The molecule has 0 aliphatic heterocycles. The molecule has 2 aromatic carbocycles. The number of hydrogen-bond acceptors (Lipinski definition) is 13. The fourth-order valence-corrected chi connectivity index (χ4v) is 10.1. The Hall–Kier alpha value is 2.28. The molecule has 424 valence electrons. The average Bonchev–Trinajstić information content (AvgIpc) is 3.33. The van der Waals surface area contributed by atoms with Gasteiger partial charge in [0.25, 0.3) is 10.1 Å². The molecular formula is C55H99Na4O13PS3. The Bertz CT molecular complexity index is 1880. The number of aryl methyl sites for hydroxylation is 1. The minimum absolute atomic E-state index is 0. The summed E-state index contributed by atoms with van der Waals surface area (Å²) in [7, 11) is -16.4. The molecule has 0 saturated heterocycles. The summed E-state index contributed by atoms with van der Waals surface area (Å²) in [6, 6.07) is 15.6. The van der Waals surface area contributed by atoms with Crippen molar-refractivity contribution in [2.75, 3.05) is 18.1 Å². The summed E-state index contributed by atoms with van der Waals surface area (Å²) in [5.74, 6) is -0.380. The van der Waals surface area contributed by atoms with Crippen LogP contribution in [0.3, 0.4) is 0 Å². The molecule has 0 atom stereocenters. The van der Waals surface area contributed by atoms with E-state index in [0.29, 0.717) is 18.4 Å². The number of phosphoric acid groups is 1. The minimum atomic E-state index is -4.85. The van der Waals surface area contributed by atoms with Crippen molar-refractivity contribution in [3.63, 3.8) is 0 Å². The zero-order valence-corrected chi connectivity index (χ0v) is 60.6. The van der Waals surface area contributed by atoms with Crippen LogP contribution in [0.4, 0.5) is 0 Å². The first-order chi connectivity index (χ1) is 34.3. The Kier molecular flexibility index (Phi) is 72.8. The van der Waals surface area contributed by atoms with Gasteiger partial charge in [-0.05, 0) is 48.9 Å². The standard InChI is InChI=1S/C18H30O3S.C16H34O3S.C12H26O3S.C9H13O4P.4Na/c1-2-3-4-5-6-7-8-9-10-14-17-21-22(19,20)18-15-12-11-13-16-18;1-2-3-4-5-6-7-8-9-10-11-12-13-14-15-16-20(17,18)19;1-2-3-4-5-6-7-8-9-10-11-12-16(13,14)15;1-2-8-3-5-9(6-4-8)7-13-14(10,11)12;;;;/h11-13,15-16H,2-10,14,17H2,1H3;2-16H2,1H3,(H,17,18,19);2-12H2,1H3,(H,13,14,15);3-6H,2,7H2,1H3,(H2,10,11,12);;;;/q;;;;4*+1/p-4. The number of unbranched alkanes of at least 4 members (excludes halogenated alkanes) is 31. The molecule has 21 heteroatoms.